The molecule has 24 heavy (non-hydrogen) atoms. The van der Waals surface area contributed by atoms with Gasteiger partial charge in [-0.3, -0.25) is 4.79 Å². The second-order valence-corrected chi connectivity index (χ2v) is 8.65. The Labute approximate surface area is 157 Å². The van der Waals surface area contributed by atoms with E-state index in [0.717, 1.165) is 24.9 Å². The van der Waals surface area contributed by atoms with Crippen molar-refractivity contribution in [2.45, 2.75) is 13.1 Å². The van der Waals surface area contributed by atoms with Crippen molar-refractivity contribution in [3.8, 4) is 5.75 Å². The number of rotatable bonds is 6. The maximum absolute atomic E-state index is 13.0. The molecular weight excluding hydrogens is 406 g/mol. The van der Waals surface area contributed by atoms with Gasteiger partial charge in [0.15, 0.2) is 0 Å². The minimum Gasteiger partial charge on any atom is -0.496 e. The zero-order chi connectivity index (χ0) is 16.9. The third kappa shape index (κ3) is 4.06. The number of thiophene rings is 2. The number of hydrogen-bond acceptors (Lipinski definition) is 4. The van der Waals surface area contributed by atoms with Crippen molar-refractivity contribution >= 4 is 44.5 Å². The second kappa shape index (κ2) is 7.96. The molecule has 3 rings (SSSR count). The van der Waals surface area contributed by atoms with Gasteiger partial charge in [0.2, 0.25) is 0 Å². The first kappa shape index (κ1) is 17.2. The third-order valence-corrected chi connectivity index (χ3v) is 6.02. The highest BCUT2D eigenvalue weighted by Crippen LogP contribution is 2.27. The standard InChI is InChI=1S/C18H16BrNO2S2/c1-22-15-7-3-2-5-13(15)11-20(12-14-6-4-10-23-14)18(21)16-8-9-17(19)24-16/h2-10H,11-12H2,1H3. The van der Waals surface area contributed by atoms with Crippen LogP contribution in [0.3, 0.4) is 0 Å². The number of carbonyl (C=O) groups is 1. The van der Waals surface area contributed by atoms with Crippen molar-refractivity contribution in [3.63, 3.8) is 0 Å². The fourth-order valence-corrected chi connectivity index (χ4v) is 4.49. The van der Waals surface area contributed by atoms with Crippen molar-refractivity contribution in [1.82, 2.24) is 4.90 Å². The summed E-state index contributed by atoms with van der Waals surface area (Å²) in [5.74, 6) is 0.832. The highest BCUT2D eigenvalue weighted by atomic mass is 79.9. The minimum absolute atomic E-state index is 0.0324. The lowest BCUT2D eigenvalue weighted by molar-refractivity contribution is 0.0735. The molecular formula is C18H16BrNO2S2. The minimum atomic E-state index is 0.0324. The Balaban J connectivity index is 1.88. The molecule has 3 nitrogen and oxygen atoms in total. The molecule has 0 saturated heterocycles. The molecule has 0 aliphatic heterocycles. The normalized spacial score (nSPS) is 10.6. The predicted molar refractivity (Wildman–Crippen MR) is 103 cm³/mol. The number of hydrogen-bond donors (Lipinski definition) is 0. The quantitative estimate of drug-likeness (QED) is 0.531. The molecule has 0 atom stereocenters. The van der Waals surface area contributed by atoms with E-state index in [1.165, 1.54) is 11.3 Å². The van der Waals surface area contributed by atoms with Crippen molar-refractivity contribution in [2.75, 3.05) is 7.11 Å². The molecule has 0 aliphatic rings. The Morgan fingerprint density at radius 2 is 1.96 bits per heavy atom. The van der Waals surface area contributed by atoms with Crippen LogP contribution in [0.5, 0.6) is 5.75 Å². The maximum Gasteiger partial charge on any atom is 0.264 e. The molecule has 0 aliphatic carbocycles. The van der Waals surface area contributed by atoms with E-state index < -0.39 is 0 Å². The van der Waals surface area contributed by atoms with Crippen LogP contribution in [0.25, 0.3) is 0 Å². The Morgan fingerprint density at radius 1 is 1.12 bits per heavy atom. The number of carbonyl (C=O) groups excluding carboxylic acids is 1. The fourth-order valence-electron chi connectivity index (χ4n) is 2.41. The molecule has 124 valence electrons. The van der Waals surface area contributed by atoms with Gasteiger partial charge in [-0.05, 0) is 45.6 Å². The van der Waals surface area contributed by atoms with Crippen LogP contribution in [0.4, 0.5) is 0 Å². The summed E-state index contributed by atoms with van der Waals surface area (Å²) in [6.45, 7) is 1.10. The van der Waals surface area contributed by atoms with E-state index in [4.69, 9.17) is 4.74 Å². The van der Waals surface area contributed by atoms with Crippen LogP contribution in [-0.4, -0.2) is 17.9 Å². The van der Waals surface area contributed by atoms with Gasteiger partial charge in [-0.1, -0.05) is 24.3 Å². The van der Waals surface area contributed by atoms with Crippen molar-refractivity contribution in [2.24, 2.45) is 0 Å². The van der Waals surface area contributed by atoms with E-state index in [0.29, 0.717) is 13.1 Å². The Kier molecular flexibility index (Phi) is 5.71. The van der Waals surface area contributed by atoms with Gasteiger partial charge in [-0.15, -0.1) is 22.7 Å². The number of amides is 1. The van der Waals surface area contributed by atoms with Gasteiger partial charge in [0.05, 0.1) is 28.9 Å². The predicted octanol–water partition coefficient (Wildman–Crippen LogP) is 5.42. The van der Waals surface area contributed by atoms with Gasteiger partial charge in [-0.25, -0.2) is 0 Å². The summed E-state index contributed by atoms with van der Waals surface area (Å²) in [6.07, 6.45) is 0. The van der Waals surface area contributed by atoms with E-state index in [-0.39, 0.29) is 5.91 Å². The summed E-state index contributed by atoms with van der Waals surface area (Å²) >= 11 is 6.54. The van der Waals surface area contributed by atoms with Crippen LogP contribution < -0.4 is 4.74 Å². The zero-order valence-electron chi connectivity index (χ0n) is 13.1. The smallest absolute Gasteiger partial charge is 0.264 e. The van der Waals surface area contributed by atoms with Crippen LogP contribution in [0.1, 0.15) is 20.1 Å². The number of benzene rings is 1. The van der Waals surface area contributed by atoms with Crippen LogP contribution in [0.15, 0.2) is 57.7 Å². The van der Waals surface area contributed by atoms with Crippen molar-refractivity contribution in [3.05, 3.63) is 73.0 Å². The second-order valence-electron chi connectivity index (χ2n) is 5.16. The molecule has 0 saturated carbocycles. The van der Waals surface area contributed by atoms with Crippen LogP contribution >= 0.6 is 38.6 Å². The first-order valence-corrected chi connectivity index (χ1v) is 9.85. The molecule has 6 heteroatoms. The number of ether oxygens (including phenoxy) is 1. The SMILES string of the molecule is COc1ccccc1CN(Cc1cccs1)C(=O)c1ccc(Br)s1. The average molecular weight is 422 g/mol. The fraction of sp³-hybridized carbons (Fsp3) is 0.167. The van der Waals surface area contributed by atoms with Crippen LogP contribution in [0, 0.1) is 0 Å². The molecule has 0 N–H and O–H groups in total. The molecule has 0 bridgehead atoms. The lowest BCUT2D eigenvalue weighted by Gasteiger charge is -2.22. The molecule has 2 heterocycles. The van der Waals surface area contributed by atoms with Gasteiger partial charge < -0.3 is 9.64 Å². The first-order valence-electron chi connectivity index (χ1n) is 7.36. The molecule has 1 amide bonds. The first-order chi connectivity index (χ1) is 11.7. The molecule has 0 radical (unpaired) electrons. The third-order valence-electron chi connectivity index (χ3n) is 3.55. The largest absolute Gasteiger partial charge is 0.496 e. The lowest BCUT2D eigenvalue weighted by atomic mass is 10.2. The Morgan fingerprint density at radius 3 is 2.62 bits per heavy atom. The summed E-state index contributed by atoms with van der Waals surface area (Å²) in [4.78, 5) is 16.7. The number of halogens is 1. The number of nitrogens with zero attached hydrogens (tertiary/aromatic N) is 1. The molecule has 0 fully saturated rings. The topological polar surface area (TPSA) is 29.5 Å². The zero-order valence-corrected chi connectivity index (χ0v) is 16.3. The monoisotopic (exact) mass is 421 g/mol. The van der Waals surface area contributed by atoms with Gasteiger partial charge in [0.25, 0.3) is 5.91 Å². The highest BCUT2D eigenvalue weighted by Gasteiger charge is 2.20. The summed E-state index contributed by atoms with van der Waals surface area (Å²) in [5, 5.41) is 2.03. The summed E-state index contributed by atoms with van der Waals surface area (Å²) < 4.78 is 6.39. The van der Waals surface area contributed by atoms with Gasteiger partial charge in [-0.2, -0.15) is 0 Å². The molecule has 0 unspecified atom stereocenters. The highest BCUT2D eigenvalue weighted by molar-refractivity contribution is 9.11. The molecule has 0 spiro atoms. The Bertz CT molecular complexity index is 814. The summed E-state index contributed by atoms with van der Waals surface area (Å²) in [7, 11) is 1.65. The maximum atomic E-state index is 13.0. The summed E-state index contributed by atoms with van der Waals surface area (Å²) in [5.41, 5.74) is 1.00. The van der Waals surface area contributed by atoms with Gasteiger partial charge in [0, 0.05) is 10.4 Å². The number of para-hydroxylation sites is 1. The molecule has 2 aromatic heterocycles. The van der Waals surface area contributed by atoms with Crippen molar-refractivity contribution in [1.29, 1.82) is 0 Å². The Hall–Kier alpha value is -1.63. The van der Waals surface area contributed by atoms with E-state index in [9.17, 15) is 4.79 Å². The lowest BCUT2D eigenvalue weighted by Crippen LogP contribution is -2.29. The van der Waals surface area contributed by atoms with E-state index in [1.54, 1.807) is 18.4 Å². The van der Waals surface area contributed by atoms with Gasteiger partial charge >= 0.3 is 0 Å². The number of methoxy groups -OCH3 is 1. The van der Waals surface area contributed by atoms with E-state index in [1.807, 2.05) is 52.7 Å². The molecule has 3 aromatic rings. The van der Waals surface area contributed by atoms with E-state index in [2.05, 4.69) is 22.0 Å². The van der Waals surface area contributed by atoms with Crippen molar-refractivity contribution < 1.29 is 9.53 Å². The van der Waals surface area contributed by atoms with E-state index >= 15 is 0 Å². The van der Waals surface area contributed by atoms with Gasteiger partial charge in [0.1, 0.15) is 5.75 Å². The van der Waals surface area contributed by atoms with Crippen LogP contribution in [-0.2, 0) is 13.1 Å². The summed E-state index contributed by atoms with van der Waals surface area (Å²) in [6, 6.07) is 15.6. The average Bonchev–Trinajstić information content (AvgIpc) is 3.25. The molecule has 1 aromatic carbocycles. The van der Waals surface area contributed by atoms with Crippen LogP contribution in [0.2, 0.25) is 0 Å².